The lowest BCUT2D eigenvalue weighted by molar-refractivity contribution is -0.136. The molecule has 0 spiro atoms. The minimum Gasteiger partial charge on any atom is -0.341 e. The molecule has 4 nitrogen and oxygen atoms in total. The van der Waals surface area contributed by atoms with Gasteiger partial charge in [-0.25, -0.2) is 0 Å². The van der Waals surface area contributed by atoms with Crippen molar-refractivity contribution in [3.8, 4) is 0 Å². The van der Waals surface area contributed by atoms with Crippen molar-refractivity contribution in [2.45, 2.75) is 38.6 Å². The normalized spacial score (nSPS) is 22.7. The van der Waals surface area contributed by atoms with Crippen molar-refractivity contribution >= 4 is 30.7 Å². The monoisotopic (exact) mass is 311 g/mol. The van der Waals surface area contributed by atoms with Crippen LogP contribution in [0.1, 0.15) is 32.6 Å². The molecule has 1 atom stereocenters. The van der Waals surface area contributed by atoms with Gasteiger partial charge in [-0.2, -0.15) is 0 Å². The van der Waals surface area contributed by atoms with Gasteiger partial charge in [0.1, 0.15) is 0 Å². The van der Waals surface area contributed by atoms with Crippen molar-refractivity contribution in [1.29, 1.82) is 0 Å². The number of halogens is 2. The average molecular weight is 312 g/mol. The number of nitrogens with one attached hydrogen (secondary N) is 1. The summed E-state index contributed by atoms with van der Waals surface area (Å²) in [5.41, 5.74) is 0. The van der Waals surface area contributed by atoms with E-state index in [1.165, 1.54) is 25.7 Å². The minimum atomic E-state index is 0. The number of hydrogen-bond donors (Lipinski definition) is 1. The minimum absolute atomic E-state index is 0. The molecule has 1 unspecified atom stereocenters. The van der Waals surface area contributed by atoms with Gasteiger partial charge in [-0.15, -0.1) is 24.8 Å². The average Bonchev–Trinajstić information content (AvgIpc) is 2.67. The Labute approximate surface area is 129 Å². The van der Waals surface area contributed by atoms with Gasteiger partial charge in [0.2, 0.25) is 5.91 Å². The van der Waals surface area contributed by atoms with Crippen LogP contribution in [0, 0.1) is 0 Å². The summed E-state index contributed by atoms with van der Waals surface area (Å²) >= 11 is 0. The highest BCUT2D eigenvalue weighted by Gasteiger charge is 2.26. The van der Waals surface area contributed by atoms with Crippen molar-refractivity contribution in [2.75, 3.05) is 39.3 Å². The van der Waals surface area contributed by atoms with Crippen LogP contribution in [0.25, 0.3) is 0 Å². The van der Waals surface area contributed by atoms with E-state index in [-0.39, 0.29) is 30.9 Å². The summed E-state index contributed by atoms with van der Waals surface area (Å²) in [7, 11) is 0. The molecule has 1 N–H and O–H groups in total. The Morgan fingerprint density at radius 3 is 2.00 bits per heavy atom. The molecule has 2 aliphatic heterocycles. The lowest BCUT2D eigenvalue weighted by Gasteiger charge is -2.34. The molecule has 2 rings (SSSR count). The molecule has 2 heterocycles. The van der Waals surface area contributed by atoms with E-state index in [2.05, 4.69) is 22.0 Å². The van der Waals surface area contributed by atoms with E-state index in [9.17, 15) is 4.79 Å². The lowest BCUT2D eigenvalue weighted by atomic mass is 10.2. The highest BCUT2D eigenvalue weighted by molar-refractivity contribution is 5.85. The molecule has 0 radical (unpaired) electrons. The fourth-order valence-electron chi connectivity index (χ4n) is 2.78. The summed E-state index contributed by atoms with van der Waals surface area (Å²) in [6.07, 6.45) is 4.93. The zero-order valence-corrected chi connectivity index (χ0v) is 13.4. The first-order chi connectivity index (χ1) is 8.29. The second-order valence-corrected chi connectivity index (χ2v) is 5.20. The van der Waals surface area contributed by atoms with Gasteiger partial charge < -0.3 is 10.2 Å². The van der Waals surface area contributed by atoms with Crippen molar-refractivity contribution in [2.24, 2.45) is 0 Å². The molecule has 0 aliphatic carbocycles. The maximum atomic E-state index is 12.4. The Morgan fingerprint density at radius 1 is 0.947 bits per heavy atom. The maximum Gasteiger partial charge on any atom is 0.239 e. The predicted molar refractivity (Wildman–Crippen MR) is 83.4 cm³/mol. The molecule has 1 amide bonds. The largest absolute Gasteiger partial charge is 0.341 e. The summed E-state index contributed by atoms with van der Waals surface area (Å²) in [6.45, 7) is 8.03. The van der Waals surface area contributed by atoms with Crippen LogP contribution >= 0.6 is 24.8 Å². The smallest absolute Gasteiger partial charge is 0.239 e. The third-order valence-corrected chi connectivity index (χ3v) is 3.97. The van der Waals surface area contributed by atoms with Crippen molar-refractivity contribution in [3.05, 3.63) is 0 Å². The van der Waals surface area contributed by atoms with Crippen LogP contribution in [0.5, 0.6) is 0 Å². The molecular formula is C13H27Cl2N3O. The van der Waals surface area contributed by atoms with Crippen molar-refractivity contribution in [3.63, 3.8) is 0 Å². The lowest BCUT2D eigenvalue weighted by Crippen LogP contribution is -2.53. The third kappa shape index (κ3) is 5.46. The highest BCUT2D eigenvalue weighted by atomic mass is 35.5. The van der Waals surface area contributed by atoms with Crippen LogP contribution in [0.2, 0.25) is 0 Å². The first-order valence-electron chi connectivity index (χ1n) is 7.02. The van der Waals surface area contributed by atoms with E-state index in [4.69, 9.17) is 0 Å². The molecule has 2 saturated heterocycles. The second kappa shape index (κ2) is 9.81. The predicted octanol–water partition coefficient (Wildman–Crippen LogP) is 1.53. The summed E-state index contributed by atoms with van der Waals surface area (Å²) in [6, 6.07) is 0.0650. The number of likely N-dealkylation sites (tertiary alicyclic amines) is 1. The summed E-state index contributed by atoms with van der Waals surface area (Å²) < 4.78 is 0. The van der Waals surface area contributed by atoms with Crippen LogP contribution in [0.3, 0.4) is 0 Å². The second-order valence-electron chi connectivity index (χ2n) is 5.20. The summed E-state index contributed by atoms with van der Waals surface area (Å²) in [5, 5.41) is 3.33. The quantitative estimate of drug-likeness (QED) is 0.840. The fourth-order valence-corrected chi connectivity index (χ4v) is 2.78. The van der Waals surface area contributed by atoms with Gasteiger partial charge in [0.25, 0.3) is 0 Å². The number of carbonyl (C=O) groups excluding carboxylic acids is 1. The number of rotatable bonds is 2. The molecule has 0 aromatic heterocycles. The summed E-state index contributed by atoms with van der Waals surface area (Å²) in [4.78, 5) is 16.8. The van der Waals surface area contributed by atoms with Crippen molar-refractivity contribution < 1.29 is 4.79 Å². The third-order valence-electron chi connectivity index (χ3n) is 3.97. The Bertz CT molecular complexity index is 252. The molecule has 0 aromatic rings. The first kappa shape index (κ1) is 19.0. The van der Waals surface area contributed by atoms with Gasteiger partial charge in [-0.3, -0.25) is 9.69 Å². The Morgan fingerprint density at radius 2 is 1.47 bits per heavy atom. The summed E-state index contributed by atoms with van der Waals surface area (Å²) in [5.74, 6) is 0.341. The number of amides is 1. The number of piperazine rings is 1. The molecule has 19 heavy (non-hydrogen) atoms. The molecule has 0 bridgehead atoms. The number of hydrogen-bond acceptors (Lipinski definition) is 3. The van der Waals surface area contributed by atoms with E-state index in [0.29, 0.717) is 5.91 Å². The van der Waals surface area contributed by atoms with Crippen LogP contribution in [-0.2, 0) is 4.79 Å². The molecule has 0 saturated carbocycles. The van der Waals surface area contributed by atoms with Crippen LogP contribution in [0.4, 0.5) is 0 Å². The Hall–Kier alpha value is -0.0300. The van der Waals surface area contributed by atoms with E-state index >= 15 is 0 Å². The van der Waals surface area contributed by atoms with Gasteiger partial charge in [0, 0.05) is 39.3 Å². The van der Waals surface area contributed by atoms with Crippen LogP contribution in [-0.4, -0.2) is 61.0 Å². The topological polar surface area (TPSA) is 35.6 Å². The maximum absolute atomic E-state index is 12.4. The van der Waals surface area contributed by atoms with Crippen LogP contribution < -0.4 is 5.32 Å². The Balaban J connectivity index is 0.00000162. The standard InChI is InChI=1S/C13H25N3O.2ClH/c1-12(15-10-6-14-7-11-15)13(17)16-8-4-2-3-5-9-16;;/h12,14H,2-11H2,1H3;2*1H. The van der Waals surface area contributed by atoms with Crippen molar-refractivity contribution in [1.82, 2.24) is 15.1 Å². The molecule has 114 valence electrons. The van der Waals surface area contributed by atoms with Gasteiger partial charge in [-0.05, 0) is 19.8 Å². The zero-order valence-electron chi connectivity index (χ0n) is 11.8. The highest BCUT2D eigenvalue weighted by Crippen LogP contribution is 2.13. The zero-order chi connectivity index (χ0) is 12.1. The van der Waals surface area contributed by atoms with E-state index in [1.54, 1.807) is 0 Å². The van der Waals surface area contributed by atoms with Gasteiger partial charge >= 0.3 is 0 Å². The van der Waals surface area contributed by atoms with Gasteiger partial charge in [0.05, 0.1) is 6.04 Å². The molecule has 2 fully saturated rings. The number of nitrogens with zero attached hydrogens (tertiary/aromatic N) is 2. The van der Waals surface area contributed by atoms with Crippen LogP contribution in [0.15, 0.2) is 0 Å². The van der Waals surface area contributed by atoms with Gasteiger partial charge in [0.15, 0.2) is 0 Å². The van der Waals surface area contributed by atoms with Gasteiger partial charge in [-0.1, -0.05) is 12.8 Å². The van der Waals surface area contributed by atoms with E-state index in [1.807, 2.05) is 0 Å². The Kier molecular flexibility index (Phi) is 9.79. The molecular weight excluding hydrogens is 285 g/mol. The molecule has 0 aromatic carbocycles. The number of carbonyl (C=O) groups is 1. The molecule has 6 heteroatoms. The first-order valence-corrected chi connectivity index (χ1v) is 7.02. The fraction of sp³-hybridized carbons (Fsp3) is 0.923. The SMILES string of the molecule is CC(C(=O)N1CCCCCC1)N1CCNCC1.Cl.Cl. The van der Waals surface area contributed by atoms with E-state index in [0.717, 1.165) is 39.3 Å². The van der Waals surface area contributed by atoms with E-state index < -0.39 is 0 Å². The molecule has 2 aliphatic rings.